The molecule has 1 atom stereocenters. The van der Waals surface area contributed by atoms with Crippen molar-refractivity contribution >= 4 is 22.9 Å². The molecule has 0 unspecified atom stereocenters. The van der Waals surface area contributed by atoms with Crippen LogP contribution in [0.25, 0.3) is 0 Å². The minimum atomic E-state index is 0.242. The minimum absolute atomic E-state index is 0.242. The fraction of sp³-hybridized carbons (Fsp3) is 0.692. The Kier molecular flexibility index (Phi) is 4.14. The zero-order valence-electron chi connectivity index (χ0n) is 10.8. The number of halogens is 1. The SMILES string of the molecule is CC(C)(C)[C@@H](c1ccc(Cl)s1)N1CCNCC1. The average molecular weight is 273 g/mol. The smallest absolute Gasteiger partial charge is 0.0931 e. The molecule has 1 fully saturated rings. The summed E-state index contributed by atoms with van der Waals surface area (Å²) in [4.78, 5) is 3.97. The summed E-state index contributed by atoms with van der Waals surface area (Å²) in [7, 11) is 0. The lowest BCUT2D eigenvalue weighted by Gasteiger charge is -2.41. The molecule has 17 heavy (non-hydrogen) atoms. The predicted molar refractivity (Wildman–Crippen MR) is 76.0 cm³/mol. The zero-order chi connectivity index (χ0) is 12.5. The first-order valence-electron chi connectivity index (χ1n) is 6.18. The van der Waals surface area contributed by atoms with Crippen molar-refractivity contribution in [1.29, 1.82) is 0 Å². The number of nitrogens with one attached hydrogen (secondary N) is 1. The molecule has 0 spiro atoms. The molecule has 1 aliphatic rings. The molecule has 0 saturated carbocycles. The van der Waals surface area contributed by atoms with Crippen LogP contribution in [-0.4, -0.2) is 31.1 Å². The molecule has 2 heterocycles. The number of thiophene rings is 1. The molecule has 2 nitrogen and oxygen atoms in total. The Hall–Kier alpha value is -0.0900. The number of nitrogens with zero attached hydrogens (tertiary/aromatic N) is 1. The van der Waals surface area contributed by atoms with Gasteiger partial charge in [0.15, 0.2) is 0 Å². The summed E-state index contributed by atoms with van der Waals surface area (Å²) in [5.74, 6) is 0. The maximum Gasteiger partial charge on any atom is 0.0931 e. The second kappa shape index (κ2) is 5.27. The van der Waals surface area contributed by atoms with E-state index in [2.05, 4.69) is 37.1 Å². The van der Waals surface area contributed by atoms with E-state index in [0.717, 1.165) is 30.5 Å². The Morgan fingerprint density at radius 1 is 1.29 bits per heavy atom. The highest BCUT2D eigenvalue weighted by Crippen LogP contribution is 2.41. The third kappa shape index (κ3) is 3.22. The molecule has 0 aromatic carbocycles. The molecule has 0 radical (unpaired) electrons. The van der Waals surface area contributed by atoms with Gasteiger partial charge in [0.1, 0.15) is 0 Å². The van der Waals surface area contributed by atoms with Gasteiger partial charge in [0.05, 0.1) is 4.34 Å². The van der Waals surface area contributed by atoms with Crippen molar-refractivity contribution in [2.45, 2.75) is 26.8 Å². The topological polar surface area (TPSA) is 15.3 Å². The van der Waals surface area contributed by atoms with Gasteiger partial charge in [0.2, 0.25) is 0 Å². The van der Waals surface area contributed by atoms with Gasteiger partial charge in [-0.05, 0) is 17.5 Å². The lowest BCUT2D eigenvalue weighted by Crippen LogP contribution is -2.48. The van der Waals surface area contributed by atoms with Crippen LogP contribution in [0, 0.1) is 5.41 Å². The van der Waals surface area contributed by atoms with E-state index in [1.807, 2.05) is 6.07 Å². The first-order chi connectivity index (χ1) is 7.98. The molecule has 0 amide bonds. The largest absolute Gasteiger partial charge is 0.314 e. The van der Waals surface area contributed by atoms with Crippen LogP contribution < -0.4 is 5.32 Å². The molecule has 0 aliphatic carbocycles. The second-order valence-electron chi connectivity index (χ2n) is 5.70. The summed E-state index contributed by atoms with van der Waals surface area (Å²) in [6, 6.07) is 4.68. The van der Waals surface area contributed by atoms with Gasteiger partial charge in [-0.25, -0.2) is 0 Å². The van der Waals surface area contributed by atoms with Crippen LogP contribution >= 0.6 is 22.9 Å². The van der Waals surface area contributed by atoms with Crippen molar-refractivity contribution in [3.05, 3.63) is 21.3 Å². The van der Waals surface area contributed by atoms with E-state index in [1.165, 1.54) is 4.88 Å². The molecule has 1 aromatic heterocycles. The van der Waals surface area contributed by atoms with E-state index in [-0.39, 0.29) is 5.41 Å². The number of rotatable bonds is 2. The molecular formula is C13H21ClN2S. The molecule has 0 bridgehead atoms. The van der Waals surface area contributed by atoms with E-state index in [4.69, 9.17) is 11.6 Å². The molecule has 96 valence electrons. The molecule has 1 aliphatic heterocycles. The van der Waals surface area contributed by atoms with Gasteiger partial charge >= 0.3 is 0 Å². The predicted octanol–water partition coefficient (Wildman–Crippen LogP) is 3.39. The number of hydrogen-bond acceptors (Lipinski definition) is 3. The van der Waals surface area contributed by atoms with Crippen LogP contribution in [0.2, 0.25) is 4.34 Å². The van der Waals surface area contributed by atoms with Gasteiger partial charge in [-0.3, -0.25) is 4.90 Å². The second-order valence-corrected chi connectivity index (χ2v) is 7.44. The number of hydrogen-bond donors (Lipinski definition) is 1. The van der Waals surface area contributed by atoms with E-state index >= 15 is 0 Å². The molecule has 1 N–H and O–H groups in total. The summed E-state index contributed by atoms with van der Waals surface area (Å²) in [5, 5.41) is 3.41. The van der Waals surface area contributed by atoms with Gasteiger partial charge in [-0.2, -0.15) is 0 Å². The van der Waals surface area contributed by atoms with Crippen molar-refractivity contribution in [1.82, 2.24) is 10.2 Å². The van der Waals surface area contributed by atoms with Crippen LogP contribution in [0.15, 0.2) is 12.1 Å². The number of piperazine rings is 1. The van der Waals surface area contributed by atoms with Crippen LogP contribution in [0.4, 0.5) is 0 Å². The van der Waals surface area contributed by atoms with Crippen LogP contribution in [0.3, 0.4) is 0 Å². The monoisotopic (exact) mass is 272 g/mol. The highest BCUT2D eigenvalue weighted by molar-refractivity contribution is 7.16. The Bertz CT molecular complexity index is 364. The van der Waals surface area contributed by atoms with E-state index in [0.29, 0.717) is 6.04 Å². The van der Waals surface area contributed by atoms with Gasteiger partial charge in [0, 0.05) is 37.1 Å². The Balaban J connectivity index is 2.24. The Labute approximate surface area is 113 Å². The van der Waals surface area contributed by atoms with Crippen molar-refractivity contribution in [2.24, 2.45) is 5.41 Å². The first-order valence-corrected chi connectivity index (χ1v) is 7.38. The van der Waals surface area contributed by atoms with Crippen molar-refractivity contribution in [3.63, 3.8) is 0 Å². The lowest BCUT2D eigenvalue weighted by molar-refractivity contribution is 0.0888. The molecular weight excluding hydrogens is 252 g/mol. The Morgan fingerprint density at radius 3 is 2.41 bits per heavy atom. The van der Waals surface area contributed by atoms with Gasteiger partial charge in [-0.15, -0.1) is 11.3 Å². The van der Waals surface area contributed by atoms with E-state index < -0.39 is 0 Å². The lowest BCUT2D eigenvalue weighted by atomic mass is 9.84. The van der Waals surface area contributed by atoms with Crippen molar-refractivity contribution in [3.8, 4) is 0 Å². The summed E-state index contributed by atoms with van der Waals surface area (Å²) in [5.41, 5.74) is 0.242. The third-order valence-corrected chi connectivity index (χ3v) is 4.48. The Morgan fingerprint density at radius 2 is 1.94 bits per heavy atom. The van der Waals surface area contributed by atoms with Crippen LogP contribution in [0.5, 0.6) is 0 Å². The van der Waals surface area contributed by atoms with Crippen molar-refractivity contribution in [2.75, 3.05) is 26.2 Å². The highest BCUT2D eigenvalue weighted by Gasteiger charge is 2.33. The van der Waals surface area contributed by atoms with Gasteiger partial charge in [-0.1, -0.05) is 32.4 Å². The standard InChI is InChI=1S/C13H21ClN2S/c1-13(2,3)12(10-4-5-11(14)17-10)16-8-6-15-7-9-16/h4-5,12,15H,6-9H2,1-3H3/t12-/m1/s1. The van der Waals surface area contributed by atoms with E-state index in [1.54, 1.807) is 11.3 Å². The summed E-state index contributed by atoms with van der Waals surface area (Å²) in [6.45, 7) is 11.4. The summed E-state index contributed by atoms with van der Waals surface area (Å²) >= 11 is 7.80. The fourth-order valence-corrected chi connectivity index (χ4v) is 4.01. The quantitative estimate of drug-likeness (QED) is 0.888. The minimum Gasteiger partial charge on any atom is -0.314 e. The van der Waals surface area contributed by atoms with Crippen molar-refractivity contribution < 1.29 is 0 Å². The highest BCUT2D eigenvalue weighted by atomic mass is 35.5. The normalized spacial score (nSPS) is 20.5. The van der Waals surface area contributed by atoms with Crippen LogP contribution in [0.1, 0.15) is 31.7 Å². The van der Waals surface area contributed by atoms with Gasteiger partial charge in [0.25, 0.3) is 0 Å². The molecule has 2 rings (SSSR count). The van der Waals surface area contributed by atoms with Crippen LogP contribution in [-0.2, 0) is 0 Å². The maximum absolute atomic E-state index is 6.08. The zero-order valence-corrected chi connectivity index (χ0v) is 12.4. The summed E-state index contributed by atoms with van der Waals surface area (Å²) < 4.78 is 0.893. The maximum atomic E-state index is 6.08. The molecule has 1 saturated heterocycles. The fourth-order valence-electron chi connectivity index (χ4n) is 2.57. The molecule has 1 aromatic rings. The van der Waals surface area contributed by atoms with E-state index in [9.17, 15) is 0 Å². The van der Waals surface area contributed by atoms with Gasteiger partial charge < -0.3 is 5.32 Å². The first kappa shape index (κ1) is 13.3. The summed E-state index contributed by atoms with van der Waals surface area (Å²) in [6.07, 6.45) is 0. The average Bonchev–Trinajstić information content (AvgIpc) is 2.64. The molecule has 4 heteroatoms. The third-order valence-electron chi connectivity index (χ3n) is 3.20.